The van der Waals surface area contributed by atoms with E-state index < -0.39 is 24.0 Å². The number of hydrogen-bond acceptors (Lipinski definition) is 5. The number of thioether (sulfide) groups is 1. The lowest BCUT2D eigenvalue weighted by atomic mass is 10.3. The highest BCUT2D eigenvalue weighted by atomic mass is 32.2. The van der Waals surface area contributed by atoms with Gasteiger partial charge in [0.05, 0.1) is 0 Å². The summed E-state index contributed by atoms with van der Waals surface area (Å²) in [7, 11) is 0. The summed E-state index contributed by atoms with van der Waals surface area (Å²) in [6, 6.07) is -0.671. The van der Waals surface area contributed by atoms with E-state index in [2.05, 4.69) is 5.32 Å². The topological polar surface area (TPSA) is 86.6 Å². The lowest BCUT2D eigenvalue weighted by molar-refractivity contribution is -0.138. The van der Waals surface area contributed by atoms with Crippen molar-refractivity contribution in [2.45, 2.75) is 11.4 Å². The second kappa shape index (κ2) is 3.88. The third-order valence-electron chi connectivity index (χ3n) is 1.53. The maximum atomic E-state index is 10.9. The van der Waals surface area contributed by atoms with Crippen LogP contribution in [0.4, 0.5) is 0 Å². The van der Waals surface area contributed by atoms with Crippen molar-refractivity contribution in [3.8, 4) is 0 Å². The molecule has 0 aliphatic carbocycles. The van der Waals surface area contributed by atoms with Gasteiger partial charge in [0.1, 0.15) is 18.0 Å². The number of carbonyl (C=O) groups excluding carboxylic acids is 1. The van der Waals surface area contributed by atoms with Crippen LogP contribution in [0, 0.1) is 0 Å². The third kappa shape index (κ3) is 1.96. The fraction of sp³-hybridized carbons (Fsp3) is 0.667. The summed E-state index contributed by atoms with van der Waals surface area (Å²) < 4.78 is 0. The van der Waals surface area contributed by atoms with Crippen molar-refractivity contribution in [2.24, 2.45) is 0 Å². The van der Waals surface area contributed by atoms with Gasteiger partial charge in [0, 0.05) is 5.75 Å². The second-order valence-electron chi connectivity index (χ2n) is 2.40. The maximum Gasteiger partial charge on any atom is 0.321 e. The zero-order chi connectivity index (χ0) is 9.14. The molecule has 12 heavy (non-hydrogen) atoms. The molecule has 6 heteroatoms. The van der Waals surface area contributed by atoms with Crippen molar-refractivity contribution in [3.05, 3.63) is 0 Å². The van der Waals surface area contributed by atoms with E-state index in [0.29, 0.717) is 5.75 Å². The smallest absolute Gasteiger partial charge is 0.321 e. The predicted octanol–water partition coefficient (Wildman–Crippen LogP) is -1.34. The van der Waals surface area contributed by atoms with Crippen molar-refractivity contribution in [1.82, 2.24) is 5.32 Å². The van der Waals surface area contributed by atoms with Crippen molar-refractivity contribution in [1.29, 1.82) is 0 Å². The van der Waals surface area contributed by atoms with Crippen LogP contribution in [0.2, 0.25) is 0 Å². The zero-order valence-electron chi connectivity index (χ0n) is 6.19. The van der Waals surface area contributed by atoms with Crippen molar-refractivity contribution in [3.63, 3.8) is 0 Å². The molecule has 0 spiro atoms. The number of nitrogens with one attached hydrogen (secondary N) is 1. The van der Waals surface area contributed by atoms with E-state index >= 15 is 0 Å². The van der Waals surface area contributed by atoms with Gasteiger partial charge >= 0.3 is 5.97 Å². The van der Waals surface area contributed by atoms with E-state index in [1.807, 2.05) is 0 Å². The van der Waals surface area contributed by atoms with Crippen LogP contribution in [0.1, 0.15) is 0 Å². The van der Waals surface area contributed by atoms with Gasteiger partial charge in [-0.1, -0.05) is 0 Å². The largest absolute Gasteiger partial charge is 0.480 e. The number of aliphatic hydroxyl groups excluding tert-OH is 1. The van der Waals surface area contributed by atoms with E-state index in [0.717, 1.165) is 0 Å². The molecule has 1 saturated heterocycles. The summed E-state index contributed by atoms with van der Waals surface area (Å²) in [6.45, 7) is -0.545. The lowest BCUT2D eigenvalue weighted by Gasteiger charge is -2.06. The molecule has 0 aromatic heterocycles. The molecule has 2 unspecified atom stereocenters. The number of carboxylic acid groups (broad SMARTS) is 1. The summed E-state index contributed by atoms with van der Waals surface area (Å²) in [6.07, 6.45) is 0. The Balaban J connectivity index is 2.45. The van der Waals surface area contributed by atoms with Crippen molar-refractivity contribution in [2.75, 3.05) is 12.4 Å². The Kier molecular flexibility index (Phi) is 3.07. The van der Waals surface area contributed by atoms with E-state index in [4.69, 9.17) is 10.2 Å². The minimum absolute atomic E-state index is 0.367. The molecule has 0 aromatic carbocycles. The summed E-state index contributed by atoms with van der Waals surface area (Å²) in [5, 5.41) is 19.0. The molecule has 1 aliphatic rings. The van der Waals surface area contributed by atoms with Gasteiger partial charge in [0.15, 0.2) is 5.78 Å². The number of aliphatic carboxylic acids is 1. The predicted molar refractivity (Wildman–Crippen MR) is 42.9 cm³/mol. The quantitative estimate of drug-likeness (QED) is 0.512. The van der Waals surface area contributed by atoms with Crippen molar-refractivity contribution >= 4 is 23.5 Å². The second-order valence-corrected chi connectivity index (χ2v) is 3.53. The molecule has 5 nitrogen and oxygen atoms in total. The average Bonchev–Trinajstić information content (AvgIpc) is 2.51. The van der Waals surface area contributed by atoms with E-state index in [-0.39, 0.29) is 5.78 Å². The SMILES string of the molecule is O=C(O)C1CSC(C(=O)CO)N1. The van der Waals surface area contributed by atoms with Gasteiger partial charge in [-0.2, -0.15) is 0 Å². The number of carboxylic acids is 1. The number of aliphatic hydroxyl groups is 1. The number of hydrogen-bond donors (Lipinski definition) is 3. The first-order valence-electron chi connectivity index (χ1n) is 3.39. The number of Topliss-reactive ketones (excluding diaryl/α,β-unsaturated/α-hetero) is 1. The molecule has 1 heterocycles. The maximum absolute atomic E-state index is 10.9. The van der Waals surface area contributed by atoms with Crippen molar-refractivity contribution < 1.29 is 19.8 Å². The van der Waals surface area contributed by atoms with Gasteiger partial charge in [-0.25, -0.2) is 0 Å². The monoisotopic (exact) mass is 191 g/mol. The van der Waals surface area contributed by atoms with Gasteiger partial charge < -0.3 is 10.2 Å². The lowest BCUT2D eigenvalue weighted by Crippen LogP contribution is -2.40. The summed E-state index contributed by atoms with van der Waals surface area (Å²) in [4.78, 5) is 21.3. The molecule has 0 radical (unpaired) electrons. The Morgan fingerprint density at radius 1 is 1.58 bits per heavy atom. The van der Waals surface area contributed by atoms with E-state index in [1.165, 1.54) is 11.8 Å². The standard InChI is InChI=1S/C6H9NO4S/c8-1-4(9)5-7-3(2-12-5)6(10)11/h3,5,7-8H,1-2H2,(H,10,11). The van der Waals surface area contributed by atoms with Crippen LogP contribution in [0.5, 0.6) is 0 Å². The molecule has 1 rings (SSSR count). The summed E-state index contributed by atoms with van der Waals surface area (Å²) >= 11 is 1.21. The molecular formula is C6H9NO4S. The fourth-order valence-electron chi connectivity index (χ4n) is 0.883. The van der Waals surface area contributed by atoms with Crippen LogP contribution in [0.25, 0.3) is 0 Å². The molecule has 0 saturated carbocycles. The highest BCUT2D eigenvalue weighted by Crippen LogP contribution is 2.19. The molecule has 1 aliphatic heterocycles. The first-order valence-corrected chi connectivity index (χ1v) is 4.44. The van der Waals surface area contributed by atoms with Crippen LogP contribution in [0.3, 0.4) is 0 Å². The molecule has 0 amide bonds. The molecule has 1 fully saturated rings. The first kappa shape index (κ1) is 9.50. The Morgan fingerprint density at radius 3 is 2.67 bits per heavy atom. The van der Waals surface area contributed by atoms with E-state index in [1.54, 1.807) is 0 Å². The Hall–Kier alpha value is -0.590. The molecular weight excluding hydrogens is 182 g/mol. The highest BCUT2D eigenvalue weighted by molar-refractivity contribution is 8.00. The third-order valence-corrected chi connectivity index (χ3v) is 2.79. The molecule has 3 N–H and O–H groups in total. The number of carbonyl (C=O) groups is 2. The average molecular weight is 191 g/mol. The highest BCUT2D eigenvalue weighted by Gasteiger charge is 2.32. The number of rotatable bonds is 3. The molecule has 0 aromatic rings. The molecule has 0 bridgehead atoms. The van der Waals surface area contributed by atoms with E-state index in [9.17, 15) is 9.59 Å². The zero-order valence-corrected chi connectivity index (χ0v) is 7.00. The summed E-state index contributed by atoms with van der Waals surface area (Å²) in [5.41, 5.74) is 0. The van der Waals surface area contributed by atoms with Gasteiger partial charge in [0.25, 0.3) is 0 Å². The Labute approximate surface area is 73.1 Å². The molecule has 68 valence electrons. The van der Waals surface area contributed by atoms with Gasteiger partial charge in [-0.05, 0) is 0 Å². The number of ketones is 1. The first-order chi connectivity index (χ1) is 5.65. The van der Waals surface area contributed by atoms with Crippen LogP contribution in [-0.4, -0.2) is 45.7 Å². The van der Waals surface area contributed by atoms with Gasteiger partial charge in [-0.3, -0.25) is 14.9 Å². The van der Waals surface area contributed by atoms with Gasteiger partial charge in [-0.15, -0.1) is 11.8 Å². The Bertz CT molecular complexity index is 208. The fourth-order valence-corrected chi connectivity index (χ4v) is 2.03. The summed E-state index contributed by atoms with van der Waals surface area (Å²) in [5.74, 6) is -0.967. The van der Waals surface area contributed by atoms with Gasteiger partial charge in [0.2, 0.25) is 0 Å². The van der Waals surface area contributed by atoms with Crippen LogP contribution < -0.4 is 5.32 Å². The normalized spacial score (nSPS) is 28.8. The minimum atomic E-state index is -0.962. The van der Waals surface area contributed by atoms with Crippen LogP contribution >= 0.6 is 11.8 Å². The Morgan fingerprint density at radius 2 is 2.25 bits per heavy atom. The minimum Gasteiger partial charge on any atom is -0.480 e. The van der Waals surface area contributed by atoms with Crippen LogP contribution in [0.15, 0.2) is 0 Å². The van der Waals surface area contributed by atoms with Crippen LogP contribution in [-0.2, 0) is 9.59 Å². The molecule has 2 atom stereocenters.